The number of carbonyl (C=O) groups excluding carboxylic acids is 1. The van der Waals surface area contributed by atoms with Gasteiger partial charge in [0.15, 0.2) is 6.23 Å². The number of urea groups is 1. The van der Waals surface area contributed by atoms with E-state index in [0.29, 0.717) is 13.0 Å². The lowest BCUT2D eigenvalue weighted by molar-refractivity contribution is -0.0782. The zero-order valence-electron chi connectivity index (χ0n) is 14.0. The number of hydrogen-bond donors (Lipinski definition) is 4. The van der Waals surface area contributed by atoms with Crippen LogP contribution in [-0.2, 0) is 18.6 Å². The highest BCUT2D eigenvalue weighted by Gasteiger charge is 2.49. The van der Waals surface area contributed by atoms with E-state index in [1.807, 2.05) is 6.92 Å². The normalized spacial score (nSPS) is 33.4. The molecule has 2 aliphatic rings. The molecule has 0 radical (unpaired) electrons. The van der Waals surface area contributed by atoms with Crippen LogP contribution in [-0.4, -0.2) is 81.7 Å². The van der Waals surface area contributed by atoms with Gasteiger partial charge in [0.05, 0.1) is 6.61 Å². The van der Waals surface area contributed by atoms with Gasteiger partial charge >= 0.3 is 13.9 Å². The molecule has 0 spiro atoms. The Bertz CT molecular complexity index is 555. The van der Waals surface area contributed by atoms with E-state index in [-0.39, 0.29) is 0 Å². The first-order valence-electron chi connectivity index (χ1n) is 7.78. The van der Waals surface area contributed by atoms with Gasteiger partial charge in [0.1, 0.15) is 24.5 Å². The second kappa shape index (κ2) is 8.11. The van der Waals surface area contributed by atoms with Crippen molar-refractivity contribution in [3.8, 4) is 0 Å². The van der Waals surface area contributed by atoms with E-state index in [9.17, 15) is 14.5 Å². The zero-order chi connectivity index (χ0) is 18.8. The van der Waals surface area contributed by atoms with Crippen molar-refractivity contribution in [3.63, 3.8) is 0 Å². The molecule has 144 valence electrons. The summed E-state index contributed by atoms with van der Waals surface area (Å²) in [5, 5.41) is 10.3. The molecule has 5 atom stereocenters. The summed E-state index contributed by atoms with van der Waals surface area (Å²) in [5.41, 5.74) is 5.90. The van der Waals surface area contributed by atoms with Gasteiger partial charge in [-0.05, 0) is 12.5 Å². The maximum absolute atomic E-state index is 12.7. The SMILES string of the molecule is CCCN1C(=O)N([C@@H]2O[C@H](COP(=O)(O)O)[C@@H](O)[C@H]2OC)C=CC1N. The summed E-state index contributed by atoms with van der Waals surface area (Å²) in [6.07, 6.45) is -1.00. The number of nitrogens with two attached hydrogens (primary N) is 1. The number of hydrogen-bond acceptors (Lipinski definition) is 7. The van der Waals surface area contributed by atoms with E-state index in [4.69, 9.17) is 25.0 Å². The molecule has 0 aliphatic carbocycles. The highest BCUT2D eigenvalue weighted by Crippen LogP contribution is 2.38. The van der Waals surface area contributed by atoms with Crippen molar-refractivity contribution in [2.45, 2.75) is 44.1 Å². The summed E-state index contributed by atoms with van der Waals surface area (Å²) in [6, 6.07) is -0.410. The minimum absolute atomic E-state index is 0.410. The molecule has 25 heavy (non-hydrogen) atoms. The van der Waals surface area contributed by atoms with Crippen molar-refractivity contribution in [3.05, 3.63) is 12.3 Å². The molecule has 0 aromatic rings. The second-order valence-corrected chi connectivity index (χ2v) is 7.00. The van der Waals surface area contributed by atoms with E-state index in [2.05, 4.69) is 4.52 Å². The van der Waals surface area contributed by atoms with Crippen LogP contribution in [0.15, 0.2) is 12.3 Å². The topological polar surface area (TPSA) is 155 Å². The summed E-state index contributed by atoms with van der Waals surface area (Å²) < 4.78 is 26.0. The van der Waals surface area contributed by atoms with E-state index in [0.717, 1.165) is 0 Å². The molecule has 2 heterocycles. The number of phosphoric ester groups is 1. The molecular weight excluding hydrogens is 357 g/mol. The maximum atomic E-state index is 12.7. The molecule has 5 N–H and O–H groups in total. The van der Waals surface area contributed by atoms with Crippen LogP contribution in [0.1, 0.15) is 13.3 Å². The fourth-order valence-electron chi connectivity index (χ4n) is 2.81. The molecule has 2 amide bonds. The minimum Gasteiger partial charge on any atom is -0.387 e. The van der Waals surface area contributed by atoms with Crippen LogP contribution in [0.25, 0.3) is 0 Å². The molecule has 0 bridgehead atoms. The van der Waals surface area contributed by atoms with Gasteiger partial charge in [-0.2, -0.15) is 0 Å². The third-order valence-corrected chi connectivity index (χ3v) is 4.49. The summed E-state index contributed by atoms with van der Waals surface area (Å²) >= 11 is 0. The van der Waals surface area contributed by atoms with Gasteiger partial charge in [-0.1, -0.05) is 6.92 Å². The molecule has 1 fully saturated rings. The summed E-state index contributed by atoms with van der Waals surface area (Å²) in [6.45, 7) is 1.80. The van der Waals surface area contributed by atoms with Crippen molar-refractivity contribution < 1.29 is 38.3 Å². The lowest BCUT2D eigenvalue weighted by Crippen LogP contribution is -2.57. The highest BCUT2D eigenvalue weighted by atomic mass is 31.2. The first-order chi connectivity index (χ1) is 11.7. The first-order valence-corrected chi connectivity index (χ1v) is 9.32. The van der Waals surface area contributed by atoms with Crippen LogP contribution in [0.3, 0.4) is 0 Å². The first kappa shape index (κ1) is 20.3. The lowest BCUT2D eigenvalue weighted by Gasteiger charge is -2.38. The number of aliphatic hydroxyl groups is 1. The summed E-state index contributed by atoms with van der Waals surface area (Å²) in [7, 11) is -3.38. The van der Waals surface area contributed by atoms with Crippen molar-refractivity contribution >= 4 is 13.9 Å². The Morgan fingerprint density at radius 1 is 1.44 bits per heavy atom. The fourth-order valence-corrected chi connectivity index (χ4v) is 3.15. The van der Waals surface area contributed by atoms with E-state index in [1.54, 1.807) is 6.08 Å². The second-order valence-electron chi connectivity index (χ2n) is 5.76. The zero-order valence-corrected chi connectivity index (χ0v) is 14.9. The molecule has 0 aromatic carbocycles. The molecule has 1 saturated heterocycles. The van der Waals surface area contributed by atoms with E-state index >= 15 is 0 Å². The monoisotopic (exact) mass is 381 g/mol. The number of ether oxygens (including phenoxy) is 2. The Morgan fingerprint density at radius 3 is 2.68 bits per heavy atom. The number of phosphoric acid groups is 1. The Labute approximate surface area is 145 Å². The van der Waals surface area contributed by atoms with Crippen LogP contribution >= 0.6 is 7.82 Å². The average molecular weight is 381 g/mol. The number of carbonyl (C=O) groups is 1. The largest absolute Gasteiger partial charge is 0.469 e. The Morgan fingerprint density at radius 2 is 2.12 bits per heavy atom. The van der Waals surface area contributed by atoms with Crippen molar-refractivity contribution in [2.24, 2.45) is 5.73 Å². The predicted molar refractivity (Wildman–Crippen MR) is 84.8 cm³/mol. The van der Waals surface area contributed by atoms with Gasteiger partial charge in [0.25, 0.3) is 0 Å². The molecule has 1 unspecified atom stereocenters. The van der Waals surface area contributed by atoms with Gasteiger partial charge in [-0.15, -0.1) is 0 Å². The smallest absolute Gasteiger partial charge is 0.387 e. The number of amides is 2. The number of aliphatic hydroxyl groups excluding tert-OH is 1. The van der Waals surface area contributed by atoms with Crippen LogP contribution in [0.4, 0.5) is 4.79 Å². The molecule has 11 nitrogen and oxygen atoms in total. The molecule has 0 aromatic heterocycles. The van der Waals surface area contributed by atoms with Gasteiger partial charge in [0.2, 0.25) is 0 Å². The minimum atomic E-state index is -4.72. The number of nitrogens with zero attached hydrogens (tertiary/aromatic N) is 2. The number of rotatable bonds is 7. The Kier molecular flexibility index (Phi) is 6.57. The van der Waals surface area contributed by atoms with E-state index < -0.39 is 51.2 Å². The molecule has 2 rings (SSSR count). The van der Waals surface area contributed by atoms with Crippen LogP contribution in [0.5, 0.6) is 0 Å². The van der Waals surface area contributed by atoms with Gasteiger partial charge in [-0.25, -0.2) is 9.36 Å². The predicted octanol–water partition coefficient (Wildman–Crippen LogP) is -0.857. The van der Waals surface area contributed by atoms with Crippen LogP contribution in [0, 0.1) is 0 Å². The van der Waals surface area contributed by atoms with Gasteiger partial charge < -0.3 is 35.0 Å². The highest BCUT2D eigenvalue weighted by molar-refractivity contribution is 7.46. The fraction of sp³-hybridized carbons (Fsp3) is 0.769. The van der Waals surface area contributed by atoms with Crippen LogP contribution in [0.2, 0.25) is 0 Å². The molecule has 0 saturated carbocycles. The standard InChI is InChI=1S/C13H24N3O8P/c1-3-5-15-9(14)4-6-16(13(15)18)12-11(22-2)10(17)8(24-12)7-23-25(19,20)21/h4,6,8-12,17H,3,5,7,14H2,1-2H3,(H2,19,20,21)/t8-,9?,10-,11-,12-/m1/s1. The quantitative estimate of drug-likeness (QED) is 0.412. The average Bonchev–Trinajstić information content (AvgIpc) is 2.84. The molecule has 2 aliphatic heterocycles. The van der Waals surface area contributed by atoms with Crippen molar-refractivity contribution in [1.82, 2.24) is 9.80 Å². The third kappa shape index (κ3) is 4.57. The van der Waals surface area contributed by atoms with Gasteiger partial charge in [0, 0.05) is 19.9 Å². The van der Waals surface area contributed by atoms with Gasteiger partial charge in [-0.3, -0.25) is 9.42 Å². The summed E-state index contributed by atoms with van der Waals surface area (Å²) in [5.74, 6) is 0. The third-order valence-electron chi connectivity index (χ3n) is 4.00. The maximum Gasteiger partial charge on any atom is 0.469 e. The molecular formula is C13H24N3O8P. The number of methoxy groups -OCH3 is 1. The van der Waals surface area contributed by atoms with Crippen LogP contribution < -0.4 is 5.73 Å². The summed E-state index contributed by atoms with van der Waals surface area (Å²) in [4.78, 5) is 32.9. The Balaban J connectivity index is 2.15. The van der Waals surface area contributed by atoms with Crippen molar-refractivity contribution in [2.75, 3.05) is 20.3 Å². The molecule has 12 heteroatoms. The Hall–Kier alpha value is -1.04. The van der Waals surface area contributed by atoms with Crippen molar-refractivity contribution in [1.29, 1.82) is 0 Å². The lowest BCUT2D eigenvalue weighted by atomic mass is 10.1. The van der Waals surface area contributed by atoms with E-state index in [1.165, 1.54) is 23.1 Å².